The van der Waals surface area contributed by atoms with Crippen molar-refractivity contribution in [2.24, 2.45) is 11.7 Å². The first kappa shape index (κ1) is 17.7. The van der Waals surface area contributed by atoms with Gasteiger partial charge in [0.2, 0.25) is 11.8 Å². The van der Waals surface area contributed by atoms with Gasteiger partial charge in [-0.3, -0.25) is 14.5 Å². The Kier molecular flexibility index (Phi) is 5.76. The molecule has 1 saturated carbocycles. The van der Waals surface area contributed by atoms with E-state index in [1.54, 1.807) is 0 Å². The summed E-state index contributed by atoms with van der Waals surface area (Å²) in [6.07, 6.45) is 6.16. The molecule has 3 rings (SSSR count). The SMILES string of the molecule is CC(C(=O)N1CCCC1)N1CCN(C(=O)C[C@@H]2CCC[C@H]2N)CC1. The summed E-state index contributed by atoms with van der Waals surface area (Å²) in [7, 11) is 0. The van der Waals surface area contributed by atoms with E-state index in [0.29, 0.717) is 12.3 Å². The molecule has 6 heteroatoms. The van der Waals surface area contributed by atoms with Crippen molar-refractivity contribution in [3.8, 4) is 0 Å². The molecule has 2 N–H and O–H groups in total. The molecule has 2 saturated heterocycles. The van der Waals surface area contributed by atoms with Gasteiger partial charge in [-0.05, 0) is 38.5 Å². The van der Waals surface area contributed by atoms with Crippen molar-refractivity contribution >= 4 is 11.8 Å². The highest BCUT2D eigenvalue weighted by Gasteiger charge is 2.32. The van der Waals surface area contributed by atoms with Crippen LogP contribution in [0.1, 0.15) is 45.4 Å². The Morgan fingerprint density at radius 1 is 0.958 bits per heavy atom. The summed E-state index contributed by atoms with van der Waals surface area (Å²) in [6, 6.07) is 0.136. The van der Waals surface area contributed by atoms with Crippen LogP contribution in [-0.4, -0.2) is 77.9 Å². The molecule has 6 nitrogen and oxygen atoms in total. The molecule has 0 aromatic rings. The number of nitrogens with two attached hydrogens (primary N) is 1. The minimum absolute atomic E-state index is 0.0661. The maximum Gasteiger partial charge on any atom is 0.239 e. The van der Waals surface area contributed by atoms with Crippen molar-refractivity contribution in [3.63, 3.8) is 0 Å². The molecular formula is C18H32N4O2. The maximum atomic E-state index is 12.5. The lowest BCUT2D eigenvalue weighted by Gasteiger charge is -2.38. The molecule has 136 valence electrons. The standard InChI is InChI=1S/C18H32N4O2/c1-14(18(24)22-7-2-3-8-22)20-9-11-21(12-10-20)17(23)13-15-5-4-6-16(15)19/h14-16H,2-13,19H2,1H3/t14?,15-,16+/m0/s1. The van der Waals surface area contributed by atoms with Gasteiger partial charge in [0.25, 0.3) is 0 Å². The Hall–Kier alpha value is -1.14. The second kappa shape index (κ2) is 7.83. The third-order valence-electron chi connectivity index (χ3n) is 6.14. The first-order valence-electron chi connectivity index (χ1n) is 9.62. The van der Waals surface area contributed by atoms with Crippen molar-refractivity contribution in [3.05, 3.63) is 0 Å². The molecule has 2 heterocycles. The molecule has 0 aromatic heterocycles. The van der Waals surface area contributed by atoms with Crippen LogP contribution in [0.3, 0.4) is 0 Å². The Bertz CT molecular complexity index is 456. The predicted molar refractivity (Wildman–Crippen MR) is 93.4 cm³/mol. The van der Waals surface area contributed by atoms with Crippen LogP contribution < -0.4 is 5.73 Å². The van der Waals surface area contributed by atoms with Gasteiger partial charge in [0.05, 0.1) is 6.04 Å². The Morgan fingerprint density at radius 2 is 1.62 bits per heavy atom. The van der Waals surface area contributed by atoms with Gasteiger partial charge in [0.1, 0.15) is 0 Å². The molecular weight excluding hydrogens is 304 g/mol. The van der Waals surface area contributed by atoms with Crippen LogP contribution in [0.2, 0.25) is 0 Å². The lowest BCUT2D eigenvalue weighted by molar-refractivity contribution is -0.138. The molecule has 0 radical (unpaired) electrons. The summed E-state index contributed by atoms with van der Waals surface area (Å²) in [6.45, 7) is 6.88. The number of carbonyl (C=O) groups excluding carboxylic acids is 2. The zero-order valence-corrected chi connectivity index (χ0v) is 15.0. The first-order valence-corrected chi connectivity index (χ1v) is 9.62. The van der Waals surface area contributed by atoms with E-state index in [9.17, 15) is 9.59 Å². The lowest BCUT2D eigenvalue weighted by atomic mass is 9.99. The Labute approximate surface area is 145 Å². The third kappa shape index (κ3) is 3.91. The zero-order chi connectivity index (χ0) is 17.1. The zero-order valence-electron chi connectivity index (χ0n) is 15.0. The van der Waals surface area contributed by atoms with Crippen LogP contribution in [0.5, 0.6) is 0 Å². The highest BCUT2D eigenvalue weighted by molar-refractivity contribution is 5.82. The van der Waals surface area contributed by atoms with E-state index in [1.165, 1.54) is 0 Å². The third-order valence-corrected chi connectivity index (χ3v) is 6.14. The van der Waals surface area contributed by atoms with Gasteiger partial charge < -0.3 is 15.5 Å². The van der Waals surface area contributed by atoms with Crippen molar-refractivity contribution in [1.82, 2.24) is 14.7 Å². The van der Waals surface area contributed by atoms with Crippen molar-refractivity contribution < 1.29 is 9.59 Å². The Morgan fingerprint density at radius 3 is 2.21 bits per heavy atom. The van der Waals surface area contributed by atoms with Crippen molar-refractivity contribution in [1.29, 1.82) is 0 Å². The largest absolute Gasteiger partial charge is 0.341 e. The van der Waals surface area contributed by atoms with Crippen LogP contribution in [0.15, 0.2) is 0 Å². The normalized spacial score (nSPS) is 29.9. The van der Waals surface area contributed by atoms with E-state index in [4.69, 9.17) is 5.73 Å². The van der Waals surface area contributed by atoms with E-state index >= 15 is 0 Å². The van der Waals surface area contributed by atoms with Crippen molar-refractivity contribution in [2.45, 2.75) is 57.5 Å². The van der Waals surface area contributed by atoms with E-state index < -0.39 is 0 Å². The molecule has 2 amide bonds. The predicted octanol–water partition coefficient (Wildman–Crippen LogP) is 0.659. The minimum atomic E-state index is -0.0661. The molecule has 0 aromatic carbocycles. The van der Waals surface area contributed by atoms with Crippen LogP contribution in [0.25, 0.3) is 0 Å². The first-order chi connectivity index (χ1) is 11.6. The molecule has 0 bridgehead atoms. The highest BCUT2D eigenvalue weighted by Crippen LogP contribution is 2.27. The van der Waals surface area contributed by atoms with Crippen LogP contribution in [0.4, 0.5) is 0 Å². The maximum absolute atomic E-state index is 12.5. The molecule has 24 heavy (non-hydrogen) atoms. The number of rotatable bonds is 4. The summed E-state index contributed by atoms with van der Waals surface area (Å²) < 4.78 is 0. The minimum Gasteiger partial charge on any atom is -0.341 e. The van der Waals surface area contributed by atoms with Gasteiger partial charge >= 0.3 is 0 Å². The summed E-state index contributed by atoms with van der Waals surface area (Å²) >= 11 is 0. The quantitative estimate of drug-likeness (QED) is 0.819. The fraction of sp³-hybridized carbons (Fsp3) is 0.889. The molecule has 3 fully saturated rings. The summed E-state index contributed by atoms with van der Waals surface area (Å²) in [4.78, 5) is 31.2. The number of carbonyl (C=O) groups is 2. The smallest absolute Gasteiger partial charge is 0.239 e. The molecule has 1 aliphatic carbocycles. The second-order valence-electron chi connectivity index (χ2n) is 7.68. The fourth-order valence-electron chi connectivity index (χ4n) is 4.39. The second-order valence-corrected chi connectivity index (χ2v) is 7.68. The van der Waals surface area contributed by atoms with Crippen LogP contribution >= 0.6 is 0 Å². The topological polar surface area (TPSA) is 69.9 Å². The van der Waals surface area contributed by atoms with Gasteiger partial charge in [-0.2, -0.15) is 0 Å². The average Bonchev–Trinajstić information content (AvgIpc) is 3.26. The average molecular weight is 336 g/mol. The molecule has 3 atom stereocenters. The van der Waals surface area contributed by atoms with E-state index in [2.05, 4.69) is 4.90 Å². The molecule has 2 aliphatic heterocycles. The van der Waals surface area contributed by atoms with Gasteiger partial charge in [0, 0.05) is 51.7 Å². The van der Waals surface area contributed by atoms with E-state index in [-0.39, 0.29) is 23.9 Å². The van der Waals surface area contributed by atoms with Crippen LogP contribution in [-0.2, 0) is 9.59 Å². The van der Waals surface area contributed by atoms with Crippen molar-refractivity contribution in [2.75, 3.05) is 39.3 Å². The van der Waals surface area contributed by atoms with E-state index in [0.717, 1.165) is 71.4 Å². The number of nitrogens with zero attached hydrogens (tertiary/aromatic N) is 3. The van der Waals surface area contributed by atoms with Gasteiger partial charge in [-0.25, -0.2) is 0 Å². The van der Waals surface area contributed by atoms with Gasteiger partial charge in [-0.1, -0.05) is 6.42 Å². The molecule has 1 unspecified atom stereocenters. The van der Waals surface area contributed by atoms with Gasteiger partial charge in [0.15, 0.2) is 0 Å². The van der Waals surface area contributed by atoms with Gasteiger partial charge in [-0.15, -0.1) is 0 Å². The fourth-order valence-corrected chi connectivity index (χ4v) is 4.39. The lowest BCUT2D eigenvalue weighted by Crippen LogP contribution is -2.55. The molecule has 0 spiro atoms. The number of hydrogen-bond donors (Lipinski definition) is 1. The molecule has 3 aliphatic rings. The summed E-state index contributed by atoms with van der Waals surface area (Å²) in [5.74, 6) is 0.867. The number of piperazine rings is 1. The highest BCUT2D eigenvalue weighted by atomic mass is 16.2. The summed E-state index contributed by atoms with van der Waals surface area (Å²) in [5, 5.41) is 0. The number of likely N-dealkylation sites (tertiary alicyclic amines) is 1. The monoisotopic (exact) mass is 336 g/mol. The van der Waals surface area contributed by atoms with E-state index in [1.807, 2.05) is 16.7 Å². The van der Waals surface area contributed by atoms with Crippen LogP contribution in [0, 0.1) is 5.92 Å². The Balaban J connectivity index is 1.44. The summed E-state index contributed by atoms with van der Waals surface area (Å²) in [5.41, 5.74) is 6.09. The number of amides is 2. The number of hydrogen-bond acceptors (Lipinski definition) is 4.